The lowest BCUT2D eigenvalue weighted by Gasteiger charge is -2.02. The van der Waals surface area contributed by atoms with Gasteiger partial charge >= 0.3 is 0 Å². The molecule has 0 radical (unpaired) electrons. The molecule has 0 unspecified atom stereocenters. The Morgan fingerprint density at radius 2 is 1.77 bits per heavy atom. The smallest absolute Gasteiger partial charge is 0.232 e. The largest absolute Gasteiger partial charge is 0.369 e. The number of sulfonamides is 1. The number of nitrogens with one attached hydrogen (secondary N) is 1. The summed E-state index contributed by atoms with van der Waals surface area (Å²) >= 11 is 0. The molecule has 0 aromatic heterocycles. The highest BCUT2D eigenvalue weighted by molar-refractivity contribution is 8.06. The summed E-state index contributed by atoms with van der Waals surface area (Å²) in [4.78, 5) is 10.2. The van der Waals surface area contributed by atoms with E-state index in [1.165, 1.54) is 0 Å². The van der Waals surface area contributed by atoms with Crippen LogP contribution >= 0.6 is 0 Å². The number of nitrogens with two attached hydrogens (primary N) is 1. The van der Waals surface area contributed by atoms with Crippen molar-refractivity contribution in [2.75, 3.05) is 17.9 Å². The fourth-order valence-electron chi connectivity index (χ4n) is 0.505. The van der Waals surface area contributed by atoms with Crippen LogP contribution in [0.4, 0.5) is 0 Å². The predicted molar refractivity (Wildman–Crippen MR) is 45.8 cm³/mol. The van der Waals surface area contributed by atoms with E-state index in [4.69, 9.17) is 0 Å². The van der Waals surface area contributed by atoms with E-state index in [1.807, 2.05) is 0 Å². The van der Waals surface area contributed by atoms with Crippen molar-refractivity contribution in [2.45, 2.75) is 0 Å². The van der Waals surface area contributed by atoms with E-state index < -0.39 is 37.4 Å². The quantitative estimate of drug-likeness (QED) is 0.535. The van der Waals surface area contributed by atoms with Gasteiger partial charge in [0, 0.05) is 6.26 Å². The van der Waals surface area contributed by atoms with E-state index in [0.717, 1.165) is 6.26 Å². The maximum absolute atomic E-state index is 10.9. The maximum Gasteiger partial charge on any atom is 0.232 e. The van der Waals surface area contributed by atoms with Crippen LogP contribution in [0.3, 0.4) is 0 Å². The highest BCUT2D eigenvalue weighted by atomic mass is 32.3. The molecule has 0 aliphatic heterocycles. The highest BCUT2D eigenvalue weighted by Crippen LogP contribution is 1.90. The Morgan fingerprint density at radius 3 is 2.08 bits per heavy atom. The third-order valence-electron chi connectivity index (χ3n) is 0.836. The zero-order valence-electron chi connectivity index (χ0n) is 6.85. The molecule has 0 saturated carbocycles. The number of rotatable bonds is 5. The summed E-state index contributed by atoms with van der Waals surface area (Å²) in [6.45, 7) is -0.599. The fraction of sp³-hybridized carbons (Fsp3) is 0.750. The topological polar surface area (TPSA) is 123 Å². The molecule has 0 atom stereocenters. The number of carbonyl (C=O) groups is 1. The van der Waals surface area contributed by atoms with Gasteiger partial charge in [0.25, 0.3) is 0 Å². The first-order valence-electron chi connectivity index (χ1n) is 3.06. The normalized spacial score (nSPS) is 12.7. The first-order valence-corrected chi connectivity index (χ1v) is 6.77. The molecular formula is C4H10N2O5S2. The molecule has 1 amide bonds. The molecule has 0 bridgehead atoms. The van der Waals surface area contributed by atoms with Gasteiger partial charge in [-0.05, 0) is 0 Å². The van der Waals surface area contributed by atoms with Crippen molar-refractivity contribution < 1.29 is 21.6 Å². The molecule has 0 aliphatic rings. The number of hydrogen-bond donors (Lipinski definition) is 2. The number of primary amides is 1. The summed E-state index contributed by atoms with van der Waals surface area (Å²) < 4.78 is 44.6. The van der Waals surface area contributed by atoms with E-state index in [1.54, 1.807) is 4.72 Å². The third kappa shape index (κ3) is 7.68. The lowest BCUT2D eigenvalue weighted by atomic mass is 10.7. The van der Waals surface area contributed by atoms with Crippen LogP contribution in [0.25, 0.3) is 0 Å². The minimum absolute atomic E-state index is 0.599. The van der Waals surface area contributed by atoms with E-state index in [9.17, 15) is 21.6 Å². The molecule has 7 nitrogen and oxygen atoms in total. The van der Waals surface area contributed by atoms with Gasteiger partial charge in [0.1, 0.15) is 0 Å². The zero-order chi connectivity index (χ0) is 10.7. The average Bonchev–Trinajstić information content (AvgIpc) is 1.78. The van der Waals surface area contributed by atoms with Crippen LogP contribution in [-0.4, -0.2) is 40.6 Å². The van der Waals surface area contributed by atoms with Gasteiger partial charge in [0.15, 0.2) is 14.9 Å². The molecule has 0 rings (SSSR count). The van der Waals surface area contributed by atoms with Crippen LogP contribution in [0.1, 0.15) is 0 Å². The second-order valence-corrected chi connectivity index (χ2v) is 6.76. The highest BCUT2D eigenvalue weighted by Gasteiger charge is 2.17. The van der Waals surface area contributed by atoms with Crippen LogP contribution in [-0.2, 0) is 24.7 Å². The SMILES string of the molecule is CS(=O)(=O)CS(=O)(=O)NCC(N)=O. The van der Waals surface area contributed by atoms with E-state index in [2.05, 4.69) is 5.73 Å². The monoisotopic (exact) mass is 230 g/mol. The van der Waals surface area contributed by atoms with Crippen molar-refractivity contribution in [3.05, 3.63) is 0 Å². The van der Waals surface area contributed by atoms with Crippen LogP contribution < -0.4 is 10.5 Å². The summed E-state index contributed by atoms with van der Waals surface area (Å²) in [6, 6.07) is 0. The van der Waals surface area contributed by atoms with Gasteiger partial charge in [0.05, 0.1) is 6.54 Å². The predicted octanol–water partition coefficient (Wildman–Crippen LogP) is -2.61. The molecule has 13 heavy (non-hydrogen) atoms. The van der Waals surface area contributed by atoms with Crippen molar-refractivity contribution in [1.29, 1.82) is 0 Å². The Kier molecular flexibility index (Phi) is 3.82. The number of carbonyl (C=O) groups excluding carboxylic acids is 1. The molecule has 0 heterocycles. The summed E-state index contributed by atoms with van der Waals surface area (Å²) in [5.41, 5.74) is 4.65. The van der Waals surface area contributed by atoms with Crippen molar-refractivity contribution in [3.8, 4) is 0 Å². The van der Waals surface area contributed by atoms with Crippen LogP contribution in [0, 0.1) is 0 Å². The van der Waals surface area contributed by atoms with Gasteiger partial charge in [-0.15, -0.1) is 0 Å². The Balaban J connectivity index is 4.36. The number of sulfone groups is 1. The van der Waals surface area contributed by atoms with Gasteiger partial charge in [-0.3, -0.25) is 4.79 Å². The first-order chi connectivity index (χ1) is 5.62. The Hall–Kier alpha value is -0.670. The summed E-state index contributed by atoms with van der Waals surface area (Å²) in [7, 11) is -7.61. The number of amides is 1. The molecule has 0 aliphatic carbocycles. The second kappa shape index (κ2) is 4.03. The zero-order valence-corrected chi connectivity index (χ0v) is 8.48. The minimum atomic E-state index is -3.97. The molecule has 78 valence electrons. The summed E-state index contributed by atoms with van der Waals surface area (Å²) in [5, 5.41) is -1.05. The van der Waals surface area contributed by atoms with Gasteiger partial charge < -0.3 is 5.73 Å². The van der Waals surface area contributed by atoms with Gasteiger partial charge in [0.2, 0.25) is 15.9 Å². The Bertz CT molecular complexity index is 381. The molecule has 0 aromatic rings. The van der Waals surface area contributed by atoms with Gasteiger partial charge in [-0.2, -0.15) is 0 Å². The van der Waals surface area contributed by atoms with E-state index in [0.29, 0.717) is 0 Å². The van der Waals surface area contributed by atoms with Gasteiger partial charge in [-0.1, -0.05) is 0 Å². The van der Waals surface area contributed by atoms with Crippen molar-refractivity contribution in [1.82, 2.24) is 4.72 Å². The lowest BCUT2D eigenvalue weighted by Crippen LogP contribution is -2.36. The molecule has 3 N–H and O–H groups in total. The van der Waals surface area contributed by atoms with Gasteiger partial charge in [-0.25, -0.2) is 21.6 Å². The second-order valence-electron chi connectivity index (χ2n) is 2.45. The van der Waals surface area contributed by atoms with Crippen molar-refractivity contribution in [3.63, 3.8) is 0 Å². The van der Waals surface area contributed by atoms with Crippen molar-refractivity contribution in [2.24, 2.45) is 5.73 Å². The molecule has 9 heteroatoms. The fourth-order valence-corrected chi connectivity index (χ4v) is 3.45. The van der Waals surface area contributed by atoms with E-state index in [-0.39, 0.29) is 0 Å². The standard InChI is InChI=1S/C4H10N2O5S2/c1-12(8,9)3-13(10,11)6-2-4(5)7/h6H,2-3H2,1H3,(H2,5,7). The molecule has 0 fully saturated rings. The molecular weight excluding hydrogens is 220 g/mol. The van der Waals surface area contributed by atoms with Crippen LogP contribution in [0.5, 0.6) is 0 Å². The molecule has 0 spiro atoms. The maximum atomic E-state index is 10.9. The van der Waals surface area contributed by atoms with Crippen LogP contribution in [0.15, 0.2) is 0 Å². The minimum Gasteiger partial charge on any atom is -0.369 e. The third-order valence-corrected chi connectivity index (χ3v) is 4.37. The van der Waals surface area contributed by atoms with Crippen molar-refractivity contribution >= 4 is 25.8 Å². The Labute approximate surface area is 76.3 Å². The first kappa shape index (κ1) is 12.3. The van der Waals surface area contributed by atoms with E-state index >= 15 is 0 Å². The summed E-state index contributed by atoms with van der Waals surface area (Å²) in [5.74, 6) is -0.878. The molecule has 0 saturated heterocycles. The molecule has 0 aromatic carbocycles. The lowest BCUT2D eigenvalue weighted by molar-refractivity contribution is -0.116. The number of hydrogen-bond acceptors (Lipinski definition) is 5. The van der Waals surface area contributed by atoms with Crippen LogP contribution in [0.2, 0.25) is 0 Å². The average molecular weight is 230 g/mol. The summed E-state index contributed by atoms with van der Waals surface area (Å²) in [6.07, 6.45) is 0.774. The Morgan fingerprint density at radius 1 is 1.31 bits per heavy atom.